The number of aryl methyl sites for hydroxylation is 1. The number of aromatic nitrogens is 3. The second-order valence-electron chi connectivity index (χ2n) is 7.74. The highest BCUT2D eigenvalue weighted by atomic mass is 16.5. The predicted octanol–water partition coefficient (Wildman–Crippen LogP) is 1.40. The fourth-order valence-corrected chi connectivity index (χ4v) is 4.12. The molecule has 1 aliphatic heterocycles. The lowest BCUT2D eigenvalue weighted by atomic mass is 9.88. The number of carbonyl (C=O) groups excluding carboxylic acids is 1. The molecule has 1 aromatic rings. The quantitative estimate of drug-likeness (QED) is 0.777. The van der Waals surface area contributed by atoms with E-state index in [9.17, 15) is 4.79 Å². The Morgan fingerprint density at radius 1 is 1.28 bits per heavy atom. The van der Waals surface area contributed by atoms with Crippen LogP contribution in [0.3, 0.4) is 0 Å². The fraction of sp³-hybridized carbons (Fsp3) is 0.833. The van der Waals surface area contributed by atoms with Crippen molar-refractivity contribution in [2.45, 2.75) is 44.6 Å². The van der Waals surface area contributed by atoms with Gasteiger partial charge in [0.15, 0.2) is 0 Å². The number of fused-ring (bicyclic) bond motifs is 1. The summed E-state index contributed by atoms with van der Waals surface area (Å²) in [6, 6.07) is 0. The van der Waals surface area contributed by atoms with Gasteiger partial charge in [0, 0.05) is 46.7 Å². The Morgan fingerprint density at radius 3 is 2.76 bits per heavy atom. The van der Waals surface area contributed by atoms with Gasteiger partial charge in [0.05, 0.1) is 12.3 Å². The number of carbonyl (C=O) groups is 1. The SMILES string of the molecule is CN(C)C(=O)COC[C@@H]1CN(CC2CCCCC2)Cc2nnn(C)c21. The topological polar surface area (TPSA) is 63.5 Å². The minimum atomic E-state index is -0.00164. The Kier molecular flexibility index (Phi) is 6.06. The van der Waals surface area contributed by atoms with Crippen molar-refractivity contribution in [2.75, 3.05) is 40.4 Å². The molecule has 2 heterocycles. The Hall–Kier alpha value is -1.47. The van der Waals surface area contributed by atoms with Gasteiger partial charge >= 0.3 is 0 Å². The van der Waals surface area contributed by atoms with Gasteiger partial charge in [0.2, 0.25) is 5.91 Å². The number of nitrogens with zero attached hydrogens (tertiary/aromatic N) is 5. The van der Waals surface area contributed by atoms with Crippen molar-refractivity contribution in [1.82, 2.24) is 24.8 Å². The molecule has 1 aromatic heterocycles. The fourth-order valence-electron chi connectivity index (χ4n) is 4.12. The second-order valence-corrected chi connectivity index (χ2v) is 7.74. The normalized spacial score (nSPS) is 22.0. The first-order valence-corrected chi connectivity index (χ1v) is 9.43. The first-order valence-electron chi connectivity index (χ1n) is 9.43. The Bertz CT molecular complexity index is 580. The summed E-state index contributed by atoms with van der Waals surface area (Å²) in [5.41, 5.74) is 2.23. The first kappa shape index (κ1) is 18.3. The van der Waals surface area contributed by atoms with Crippen LogP contribution in [0.2, 0.25) is 0 Å². The summed E-state index contributed by atoms with van der Waals surface area (Å²) in [5, 5.41) is 8.57. The number of rotatable bonds is 6. The van der Waals surface area contributed by atoms with Crippen LogP contribution in [0.4, 0.5) is 0 Å². The van der Waals surface area contributed by atoms with Crippen LogP contribution in [0, 0.1) is 5.92 Å². The van der Waals surface area contributed by atoms with Crippen molar-refractivity contribution < 1.29 is 9.53 Å². The molecule has 1 atom stereocenters. The molecule has 0 N–H and O–H groups in total. The van der Waals surface area contributed by atoms with Crippen LogP contribution < -0.4 is 0 Å². The van der Waals surface area contributed by atoms with Crippen molar-refractivity contribution in [2.24, 2.45) is 13.0 Å². The van der Waals surface area contributed by atoms with Crippen LogP contribution in [-0.2, 0) is 23.1 Å². The number of amides is 1. The summed E-state index contributed by atoms with van der Waals surface area (Å²) in [7, 11) is 5.45. The molecule has 0 saturated heterocycles. The summed E-state index contributed by atoms with van der Waals surface area (Å²) in [6.45, 7) is 3.65. The molecule has 0 radical (unpaired) electrons. The number of hydrogen-bond acceptors (Lipinski definition) is 5. The van der Waals surface area contributed by atoms with E-state index in [-0.39, 0.29) is 18.4 Å². The van der Waals surface area contributed by atoms with E-state index in [0.717, 1.165) is 36.9 Å². The molecule has 1 aliphatic carbocycles. The van der Waals surface area contributed by atoms with Crippen molar-refractivity contribution in [3.8, 4) is 0 Å². The van der Waals surface area contributed by atoms with Gasteiger partial charge in [-0.05, 0) is 18.8 Å². The predicted molar refractivity (Wildman–Crippen MR) is 95.1 cm³/mol. The van der Waals surface area contributed by atoms with Crippen molar-refractivity contribution in [3.05, 3.63) is 11.4 Å². The highest BCUT2D eigenvalue weighted by Crippen LogP contribution is 2.30. The second kappa shape index (κ2) is 8.27. The number of likely N-dealkylation sites (N-methyl/N-ethyl adjacent to an activating group) is 1. The molecule has 25 heavy (non-hydrogen) atoms. The van der Waals surface area contributed by atoms with Crippen LogP contribution in [0.1, 0.15) is 49.4 Å². The lowest BCUT2D eigenvalue weighted by Gasteiger charge is -2.35. The zero-order valence-electron chi connectivity index (χ0n) is 15.8. The van der Waals surface area contributed by atoms with Crippen molar-refractivity contribution in [1.29, 1.82) is 0 Å². The summed E-state index contributed by atoms with van der Waals surface area (Å²) in [5.74, 6) is 1.03. The van der Waals surface area contributed by atoms with Gasteiger partial charge in [-0.25, -0.2) is 0 Å². The average molecular weight is 349 g/mol. The third kappa shape index (κ3) is 4.58. The Labute approximate surface area is 150 Å². The van der Waals surface area contributed by atoms with Crippen LogP contribution >= 0.6 is 0 Å². The summed E-state index contributed by atoms with van der Waals surface area (Å²) < 4.78 is 7.60. The average Bonchev–Trinajstić information content (AvgIpc) is 2.96. The third-order valence-corrected chi connectivity index (χ3v) is 5.47. The lowest BCUT2D eigenvalue weighted by Crippen LogP contribution is -2.39. The molecule has 3 rings (SSSR count). The summed E-state index contributed by atoms with van der Waals surface area (Å²) in [6.07, 6.45) is 6.83. The van der Waals surface area contributed by atoms with E-state index in [1.807, 2.05) is 11.7 Å². The van der Waals surface area contributed by atoms with Crippen LogP contribution in [0.25, 0.3) is 0 Å². The van der Waals surface area contributed by atoms with E-state index >= 15 is 0 Å². The lowest BCUT2D eigenvalue weighted by molar-refractivity contribution is -0.133. The van der Waals surface area contributed by atoms with Crippen LogP contribution in [-0.4, -0.2) is 71.1 Å². The standard InChI is InChI=1S/C18H31N5O2/c1-21(2)17(24)13-25-12-15-10-23(9-14-7-5-4-6-8-14)11-16-18(15)22(3)20-19-16/h14-15H,4-13H2,1-3H3/t15-/m0/s1. The molecule has 2 aliphatic rings. The number of hydrogen-bond donors (Lipinski definition) is 0. The molecule has 7 heteroatoms. The molecule has 0 aromatic carbocycles. The van der Waals surface area contributed by atoms with Crippen molar-refractivity contribution >= 4 is 5.91 Å². The van der Waals surface area contributed by atoms with Gasteiger partial charge in [-0.2, -0.15) is 0 Å². The molecule has 140 valence electrons. The van der Waals surface area contributed by atoms with Crippen molar-refractivity contribution in [3.63, 3.8) is 0 Å². The summed E-state index contributed by atoms with van der Waals surface area (Å²) >= 11 is 0. The Morgan fingerprint density at radius 2 is 2.04 bits per heavy atom. The first-order chi connectivity index (χ1) is 12.0. The zero-order chi connectivity index (χ0) is 17.8. The molecule has 0 unspecified atom stereocenters. The third-order valence-electron chi connectivity index (χ3n) is 5.47. The van der Waals surface area contributed by atoms with Gasteiger partial charge in [0.25, 0.3) is 0 Å². The number of ether oxygens (including phenoxy) is 1. The van der Waals surface area contributed by atoms with Crippen LogP contribution in [0.5, 0.6) is 0 Å². The van der Waals surface area contributed by atoms with Gasteiger partial charge in [-0.1, -0.05) is 24.5 Å². The monoisotopic (exact) mass is 349 g/mol. The maximum Gasteiger partial charge on any atom is 0.248 e. The van der Waals surface area contributed by atoms with E-state index in [2.05, 4.69) is 15.2 Å². The molecule has 1 saturated carbocycles. The maximum absolute atomic E-state index is 11.7. The minimum absolute atomic E-state index is 0.00164. The zero-order valence-corrected chi connectivity index (χ0v) is 15.8. The van der Waals surface area contributed by atoms with E-state index in [1.54, 1.807) is 19.0 Å². The Balaban J connectivity index is 1.61. The van der Waals surface area contributed by atoms with Crippen LogP contribution in [0.15, 0.2) is 0 Å². The molecule has 1 fully saturated rings. The molecular weight excluding hydrogens is 318 g/mol. The highest BCUT2D eigenvalue weighted by molar-refractivity contribution is 5.76. The van der Waals surface area contributed by atoms with E-state index in [1.165, 1.54) is 32.1 Å². The van der Waals surface area contributed by atoms with Gasteiger partial charge in [-0.15, -0.1) is 5.10 Å². The van der Waals surface area contributed by atoms with Gasteiger partial charge in [-0.3, -0.25) is 14.4 Å². The molecule has 1 amide bonds. The molecule has 0 spiro atoms. The van der Waals surface area contributed by atoms with E-state index < -0.39 is 0 Å². The maximum atomic E-state index is 11.7. The van der Waals surface area contributed by atoms with E-state index in [4.69, 9.17) is 4.74 Å². The van der Waals surface area contributed by atoms with Gasteiger partial charge in [0.1, 0.15) is 12.3 Å². The minimum Gasteiger partial charge on any atom is -0.371 e. The van der Waals surface area contributed by atoms with Gasteiger partial charge < -0.3 is 9.64 Å². The summed E-state index contributed by atoms with van der Waals surface area (Å²) in [4.78, 5) is 15.8. The smallest absolute Gasteiger partial charge is 0.248 e. The molecular formula is C18H31N5O2. The highest BCUT2D eigenvalue weighted by Gasteiger charge is 2.31. The largest absolute Gasteiger partial charge is 0.371 e. The molecule has 0 bridgehead atoms. The molecule has 7 nitrogen and oxygen atoms in total. The van der Waals surface area contributed by atoms with E-state index in [0.29, 0.717) is 6.61 Å².